The Labute approximate surface area is 95.0 Å². The first-order valence-electron chi connectivity index (χ1n) is 4.09. The van der Waals surface area contributed by atoms with Crippen LogP contribution in [0.15, 0.2) is 16.6 Å². The van der Waals surface area contributed by atoms with E-state index in [1.54, 1.807) is 6.92 Å². The molecule has 1 rings (SSSR count). The number of halogens is 1. The van der Waals surface area contributed by atoms with Gasteiger partial charge in [-0.15, -0.1) is 0 Å². The average molecular weight is 273 g/mol. The number of hydrogen-bond donors (Lipinski definition) is 1. The first-order valence-corrected chi connectivity index (χ1v) is 4.88. The van der Waals surface area contributed by atoms with E-state index >= 15 is 0 Å². The zero-order chi connectivity index (χ0) is 11.6. The van der Waals surface area contributed by atoms with E-state index < -0.39 is 11.8 Å². The molecule has 0 fully saturated rings. The molecule has 4 nitrogen and oxygen atoms in total. The maximum absolute atomic E-state index is 11.2. The molecule has 0 aliphatic rings. The molecule has 1 N–H and O–H groups in total. The predicted octanol–water partition coefficient (Wildman–Crippen LogP) is 2.03. The topological polar surface area (TPSA) is 63.6 Å². The molecule has 5 heteroatoms. The average Bonchev–Trinajstić information content (AvgIpc) is 2.20. The molecule has 0 amide bonds. The quantitative estimate of drug-likeness (QED) is 0.676. The van der Waals surface area contributed by atoms with Gasteiger partial charge in [0.1, 0.15) is 5.75 Å². The van der Waals surface area contributed by atoms with Crippen LogP contribution in [0.25, 0.3) is 0 Å². The molecule has 0 heterocycles. The lowest BCUT2D eigenvalue weighted by Gasteiger charge is -2.08. The van der Waals surface area contributed by atoms with Gasteiger partial charge in [-0.05, 0) is 19.1 Å². The standard InChI is InChI=1S/C10H9BrO4/c1-5-7(11)3-6(4-8(5)15-2)9(12)10(13)14/h3-4H,1-2H3,(H,13,14). The number of carboxylic acids is 1. The number of rotatable bonds is 3. The predicted molar refractivity (Wildman–Crippen MR) is 57.4 cm³/mol. The van der Waals surface area contributed by atoms with Gasteiger partial charge < -0.3 is 9.84 Å². The molecule has 0 radical (unpaired) electrons. The van der Waals surface area contributed by atoms with Crippen molar-refractivity contribution in [1.29, 1.82) is 0 Å². The first kappa shape index (κ1) is 11.7. The van der Waals surface area contributed by atoms with Crippen molar-refractivity contribution in [3.05, 3.63) is 27.7 Å². The fourth-order valence-electron chi connectivity index (χ4n) is 1.12. The highest BCUT2D eigenvalue weighted by molar-refractivity contribution is 9.10. The Balaban J connectivity index is 3.28. The second-order valence-electron chi connectivity index (χ2n) is 2.92. The number of ether oxygens (including phenoxy) is 1. The normalized spacial score (nSPS) is 9.80. The van der Waals surface area contributed by atoms with Gasteiger partial charge in [0.05, 0.1) is 7.11 Å². The van der Waals surface area contributed by atoms with Crippen LogP contribution in [-0.2, 0) is 4.79 Å². The molecule has 0 atom stereocenters. The zero-order valence-electron chi connectivity index (χ0n) is 8.20. The summed E-state index contributed by atoms with van der Waals surface area (Å²) >= 11 is 3.23. The fourth-order valence-corrected chi connectivity index (χ4v) is 1.56. The SMILES string of the molecule is COc1cc(C(=O)C(=O)O)cc(Br)c1C. The molecule has 0 bridgehead atoms. The van der Waals surface area contributed by atoms with Crippen LogP contribution in [0.5, 0.6) is 5.75 Å². The minimum atomic E-state index is -1.48. The van der Waals surface area contributed by atoms with Gasteiger partial charge in [0.2, 0.25) is 0 Å². The minimum Gasteiger partial charge on any atom is -0.496 e. The van der Waals surface area contributed by atoms with E-state index in [9.17, 15) is 9.59 Å². The summed E-state index contributed by atoms with van der Waals surface area (Å²) in [5.74, 6) is -1.95. The summed E-state index contributed by atoms with van der Waals surface area (Å²) < 4.78 is 5.67. The molecule has 0 aliphatic carbocycles. The molecule has 0 spiro atoms. The third-order valence-electron chi connectivity index (χ3n) is 1.97. The summed E-state index contributed by atoms with van der Waals surface area (Å²) in [5.41, 5.74) is 0.913. The number of benzene rings is 1. The Morgan fingerprint density at radius 3 is 2.47 bits per heavy atom. The van der Waals surface area contributed by atoms with E-state index in [1.165, 1.54) is 19.2 Å². The molecule has 0 aliphatic heterocycles. The van der Waals surface area contributed by atoms with E-state index in [0.29, 0.717) is 10.2 Å². The van der Waals surface area contributed by atoms with E-state index in [0.717, 1.165) is 5.56 Å². The lowest BCUT2D eigenvalue weighted by Crippen LogP contribution is -2.13. The van der Waals surface area contributed by atoms with Crippen molar-refractivity contribution in [3.63, 3.8) is 0 Å². The molecule has 1 aromatic carbocycles. The van der Waals surface area contributed by atoms with E-state index in [2.05, 4.69) is 15.9 Å². The van der Waals surface area contributed by atoms with E-state index in [1.807, 2.05) is 0 Å². The van der Waals surface area contributed by atoms with Crippen LogP contribution in [0.3, 0.4) is 0 Å². The molecule has 0 aromatic heterocycles. The third kappa shape index (κ3) is 2.36. The number of carboxylic acid groups (broad SMARTS) is 1. The number of methoxy groups -OCH3 is 1. The van der Waals surface area contributed by atoms with Crippen LogP contribution in [-0.4, -0.2) is 24.0 Å². The third-order valence-corrected chi connectivity index (χ3v) is 2.80. The van der Waals surface area contributed by atoms with Crippen molar-refractivity contribution < 1.29 is 19.4 Å². The Morgan fingerprint density at radius 2 is 2.00 bits per heavy atom. The maximum atomic E-state index is 11.2. The molecular formula is C10H9BrO4. The molecule has 80 valence electrons. The summed E-state index contributed by atoms with van der Waals surface area (Å²) in [6, 6.07) is 2.88. The number of hydrogen-bond acceptors (Lipinski definition) is 3. The summed E-state index contributed by atoms with van der Waals surface area (Å²) in [4.78, 5) is 21.7. The van der Waals surface area contributed by atoms with Crippen LogP contribution in [0, 0.1) is 6.92 Å². The Morgan fingerprint density at radius 1 is 1.40 bits per heavy atom. The summed E-state index contributed by atoms with van der Waals surface area (Å²) in [6.07, 6.45) is 0. The highest BCUT2D eigenvalue weighted by atomic mass is 79.9. The summed E-state index contributed by atoms with van der Waals surface area (Å²) in [7, 11) is 1.46. The maximum Gasteiger partial charge on any atom is 0.377 e. The van der Waals surface area contributed by atoms with Crippen molar-refractivity contribution in [2.24, 2.45) is 0 Å². The zero-order valence-corrected chi connectivity index (χ0v) is 9.79. The summed E-state index contributed by atoms with van der Waals surface area (Å²) in [6.45, 7) is 1.80. The van der Waals surface area contributed by atoms with Crippen LogP contribution in [0.2, 0.25) is 0 Å². The number of aliphatic carboxylic acids is 1. The van der Waals surface area contributed by atoms with Gasteiger partial charge in [0.15, 0.2) is 0 Å². The fraction of sp³-hybridized carbons (Fsp3) is 0.200. The van der Waals surface area contributed by atoms with Gasteiger partial charge in [-0.2, -0.15) is 0 Å². The Bertz CT molecular complexity index is 426. The van der Waals surface area contributed by atoms with Crippen molar-refractivity contribution in [1.82, 2.24) is 0 Å². The number of carbonyl (C=O) groups excluding carboxylic acids is 1. The molecule has 1 aromatic rings. The van der Waals surface area contributed by atoms with Crippen molar-refractivity contribution in [3.8, 4) is 5.75 Å². The van der Waals surface area contributed by atoms with Crippen LogP contribution >= 0.6 is 15.9 Å². The van der Waals surface area contributed by atoms with E-state index in [4.69, 9.17) is 9.84 Å². The van der Waals surface area contributed by atoms with Crippen LogP contribution < -0.4 is 4.74 Å². The number of Topliss-reactive ketones (excluding diaryl/α,β-unsaturated/α-hetero) is 1. The second kappa shape index (κ2) is 4.44. The van der Waals surface area contributed by atoms with Crippen molar-refractivity contribution in [2.45, 2.75) is 6.92 Å². The molecule has 0 unspecified atom stereocenters. The minimum absolute atomic E-state index is 0.0943. The van der Waals surface area contributed by atoms with Gasteiger partial charge in [-0.3, -0.25) is 4.79 Å². The van der Waals surface area contributed by atoms with Gasteiger partial charge in [0.25, 0.3) is 5.78 Å². The molecular weight excluding hydrogens is 264 g/mol. The van der Waals surface area contributed by atoms with Crippen molar-refractivity contribution in [2.75, 3.05) is 7.11 Å². The number of carbonyl (C=O) groups is 2. The van der Waals surface area contributed by atoms with Gasteiger partial charge >= 0.3 is 5.97 Å². The summed E-state index contributed by atoms with van der Waals surface area (Å²) in [5, 5.41) is 8.55. The number of ketones is 1. The smallest absolute Gasteiger partial charge is 0.377 e. The highest BCUT2D eigenvalue weighted by Crippen LogP contribution is 2.27. The largest absolute Gasteiger partial charge is 0.496 e. The lowest BCUT2D eigenvalue weighted by atomic mass is 10.1. The Hall–Kier alpha value is -1.36. The Kier molecular flexibility index (Phi) is 3.47. The molecule has 15 heavy (non-hydrogen) atoms. The second-order valence-corrected chi connectivity index (χ2v) is 3.77. The molecule has 0 saturated carbocycles. The van der Waals surface area contributed by atoms with Gasteiger partial charge in [0, 0.05) is 15.6 Å². The van der Waals surface area contributed by atoms with Crippen molar-refractivity contribution >= 4 is 27.7 Å². The molecule has 0 saturated heterocycles. The van der Waals surface area contributed by atoms with E-state index in [-0.39, 0.29) is 5.56 Å². The van der Waals surface area contributed by atoms with Gasteiger partial charge in [-0.1, -0.05) is 15.9 Å². The first-order chi connectivity index (χ1) is 6.97. The van der Waals surface area contributed by atoms with Crippen LogP contribution in [0.4, 0.5) is 0 Å². The lowest BCUT2D eigenvalue weighted by molar-refractivity contribution is -0.131. The monoisotopic (exact) mass is 272 g/mol. The van der Waals surface area contributed by atoms with Gasteiger partial charge in [-0.25, -0.2) is 4.79 Å². The highest BCUT2D eigenvalue weighted by Gasteiger charge is 2.17. The van der Waals surface area contributed by atoms with Crippen LogP contribution in [0.1, 0.15) is 15.9 Å².